The monoisotopic (exact) mass is 246 g/mol. The quantitative estimate of drug-likeness (QED) is 0.895. The number of hydrogen-bond donors (Lipinski definition) is 1. The normalized spacial score (nSPS) is 12.6. The lowest BCUT2D eigenvalue weighted by Gasteiger charge is -2.17. The van der Waals surface area contributed by atoms with Crippen molar-refractivity contribution < 1.29 is 0 Å². The van der Waals surface area contributed by atoms with Crippen molar-refractivity contribution in [3.05, 3.63) is 51.5 Å². The van der Waals surface area contributed by atoms with Gasteiger partial charge >= 0.3 is 0 Å². The third kappa shape index (κ3) is 2.93. The van der Waals surface area contributed by atoms with Gasteiger partial charge in [-0.05, 0) is 37.6 Å². The molecular formula is C14H18N2S. The molecule has 0 saturated carbocycles. The fourth-order valence-corrected chi connectivity index (χ4v) is 2.55. The Morgan fingerprint density at radius 1 is 1.29 bits per heavy atom. The first-order valence-corrected chi connectivity index (χ1v) is 6.70. The Kier molecular flexibility index (Phi) is 3.92. The van der Waals surface area contributed by atoms with E-state index in [1.54, 1.807) is 11.3 Å². The molecule has 0 aliphatic carbocycles. The molecule has 0 fully saturated rings. The summed E-state index contributed by atoms with van der Waals surface area (Å²) in [5.41, 5.74) is 5.94. The van der Waals surface area contributed by atoms with E-state index in [4.69, 9.17) is 0 Å². The van der Waals surface area contributed by atoms with Crippen LogP contribution in [0.5, 0.6) is 0 Å². The molecular weight excluding hydrogens is 228 g/mol. The maximum atomic E-state index is 4.13. The third-order valence-corrected chi connectivity index (χ3v) is 3.97. The number of aromatic nitrogens is 1. The zero-order valence-electron chi connectivity index (χ0n) is 10.5. The van der Waals surface area contributed by atoms with Crippen LogP contribution in [0.15, 0.2) is 29.9 Å². The van der Waals surface area contributed by atoms with Gasteiger partial charge in [0.05, 0.1) is 5.51 Å². The van der Waals surface area contributed by atoms with E-state index >= 15 is 0 Å². The molecule has 1 N–H and O–H groups in total. The van der Waals surface area contributed by atoms with Crippen LogP contribution in [-0.4, -0.2) is 12.0 Å². The third-order valence-electron chi connectivity index (χ3n) is 3.17. The molecule has 1 unspecified atom stereocenters. The van der Waals surface area contributed by atoms with Gasteiger partial charge in [-0.15, -0.1) is 11.3 Å². The summed E-state index contributed by atoms with van der Waals surface area (Å²) in [5, 5.41) is 3.38. The van der Waals surface area contributed by atoms with E-state index in [0.717, 1.165) is 6.42 Å². The number of thiazole rings is 1. The second kappa shape index (κ2) is 5.43. The van der Waals surface area contributed by atoms with Crippen LogP contribution in [0.4, 0.5) is 0 Å². The molecule has 0 radical (unpaired) electrons. The van der Waals surface area contributed by atoms with Gasteiger partial charge in [0.2, 0.25) is 0 Å². The number of rotatable bonds is 4. The van der Waals surface area contributed by atoms with Gasteiger partial charge < -0.3 is 5.32 Å². The second-order valence-electron chi connectivity index (χ2n) is 4.36. The Morgan fingerprint density at radius 3 is 2.71 bits per heavy atom. The Labute approximate surface area is 107 Å². The highest BCUT2D eigenvalue weighted by Crippen LogP contribution is 2.22. The molecule has 2 aromatic rings. The predicted octanol–water partition coefficient (Wildman–Crippen LogP) is 3.26. The molecule has 1 aromatic carbocycles. The highest BCUT2D eigenvalue weighted by Gasteiger charge is 2.11. The Hall–Kier alpha value is -1.19. The molecule has 0 bridgehead atoms. The number of nitrogens with zero attached hydrogens (tertiary/aromatic N) is 1. The van der Waals surface area contributed by atoms with Crippen molar-refractivity contribution in [2.24, 2.45) is 0 Å². The minimum atomic E-state index is 0.370. The lowest BCUT2D eigenvalue weighted by atomic mass is 9.99. The number of benzene rings is 1. The van der Waals surface area contributed by atoms with E-state index in [9.17, 15) is 0 Å². The number of aryl methyl sites for hydroxylation is 2. The van der Waals surface area contributed by atoms with Gasteiger partial charge in [0.1, 0.15) is 0 Å². The maximum absolute atomic E-state index is 4.13. The fraction of sp³-hybridized carbons (Fsp3) is 0.357. The molecule has 0 aliphatic rings. The standard InChI is InChI=1S/C14H18N2S/c1-10-4-5-12(6-11(10)2)14(15-3)7-13-8-16-9-17-13/h4-6,8-9,14-15H,7H2,1-3H3. The maximum Gasteiger partial charge on any atom is 0.0794 e. The smallest absolute Gasteiger partial charge is 0.0794 e. The molecule has 2 rings (SSSR count). The van der Waals surface area contributed by atoms with Crippen LogP contribution in [-0.2, 0) is 6.42 Å². The average Bonchev–Trinajstić information content (AvgIpc) is 2.82. The average molecular weight is 246 g/mol. The number of hydrogen-bond acceptors (Lipinski definition) is 3. The van der Waals surface area contributed by atoms with Crippen molar-refractivity contribution in [3.63, 3.8) is 0 Å². The van der Waals surface area contributed by atoms with E-state index in [2.05, 4.69) is 42.3 Å². The summed E-state index contributed by atoms with van der Waals surface area (Å²) in [4.78, 5) is 5.45. The molecule has 0 aliphatic heterocycles. The van der Waals surface area contributed by atoms with Gasteiger partial charge in [0.25, 0.3) is 0 Å². The summed E-state index contributed by atoms with van der Waals surface area (Å²) in [6.45, 7) is 4.31. The largest absolute Gasteiger partial charge is 0.313 e. The molecule has 0 spiro atoms. The Bertz CT molecular complexity index is 477. The van der Waals surface area contributed by atoms with Crippen LogP contribution in [0.1, 0.15) is 27.6 Å². The first kappa shape index (κ1) is 12.3. The van der Waals surface area contributed by atoms with Gasteiger partial charge in [-0.1, -0.05) is 18.2 Å². The van der Waals surface area contributed by atoms with Crippen molar-refractivity contribution in [3.8, 4) is 0 Å². The van der Waals surface area contributed by atoms with Gasteiger partial charge in [0, 0.05) is 23.5 Å². The van der Waals surface area contributed by atoms with Crippen LogP contribution >= 0.6 is 11.3 Å². The molecule has 17 heavy (non-hydrogen) atoms. The zero-order chi connectivity index (χ0) is 12.3. The summed E-state index contributed by atoms with van der Waals surface area (Å²) >= 11 is 1.72. The first-order chi connectivity index (χ1) is 8.20. The summed E-state index contributed by atoms with van der Waals surface area (Å²) < 4.78 is 0. The van der Waals surface area contributed by atoms with E-state index in [1.165, 1.54) is 21.6 Å². The van der Waals surface area contributed by atoms with Crippen molar-refractivity contribution in [1.29, 1.82) is 0 Å². The van der Waals surface area contributed by atoms with E-state index in [0.29, 0.717) is 6.04 Å². The lowest BCUT2D eigenvalue weighted by Crippen LogP contribution is -2.18. The Morgan fingerprint density at radius 2 is 2.12 bits per heavy atom. The summed E-state index contributed by atoms with van der Waals surface area (Å²) in [7, 11) is 2.01. The van der Waals surface area contributed by atoms with Crippen LogP contribution in [0.2, 0.25) is 0 Å². The van der Waals surface area contributed by atoms with E-state index in [1.807, 2.05) is 18.8 Å². The number of likely N-dealkylation sites (N-methyl/N-ethyl adjacent to an activating group) is 1. The summed E-state index contributed by atoms with van der Waals surface area (Å²) in [5.74, 6) is 0. The molecule has 3 heteroatoms. The van der Waals surface area contributed by atoms with Crippen LogP contribution in [0, 0.1) is 13.8 Å². The van der Waals surface area contributed by atoms with Gasteiger partial charge in [-0.2, -0.15) is 0 Å². The van der Waals surface area contributed by atoms with Gasteiger partial charge in [-0.3, -0.25) is 4.98 Å². The topological polar surface area (TPSA) is 24.9 Å². The second-order valence-corrected chi connectivity index (χ2v) is 5.33. The van der Waals surface area contributed by atoms with Gasteiger partial charge in [-0.25, -0.2) is 0 Å². The molecule has 0 saturated heterocycles. The first-order valence-electron chi connectivity index (χ1n) is 5.82. The van der Waals surface area contributed by atoms with Crippen LogP contribution in [0.25, 0.3) is 0 Å². The summed E-state index contributed by atoms with van der Waals surface area (Å²) in [6, 6.07) is 7.05. The lowest BCUT2D eigenvalue weighted by molar-refractivity contribution is 0.595. The SMILES string of the molecule is CNC(Cc1cncs1)c1ccc(C)c(C)c1. The fourth-order valence-electron chi connectivity index (χ4n) is 1.91. The number of nitrogens with one attached hydrogen (secondary N) is 1. The molecule has 90 valence electrons. The van der Waals surface area contributed by atoms with Crippen LogP contribution < -0.4 is 5.32 Å². The van der Waals surface area contributed by atoms with Crippen molar-refractivity contribution in [2.45, 2.75) is 26.3 Å². The Balaban J connectivity index is 2.20. The minimum absolute atomic E-state index is 0.370. The zero-order valence-corrected chi connectivity index (χ0v) is 11.3. The molecule has 1 heterocycles. The van der Waals surface area contributed by atoms with Crippen molar-refractivity contribution in [1.82, 2.24) is 10.3 Å². The van der Waals surface area contributed by atoms with Gasteiger partial charge in [0.15, 0.2) is 0 Å². The highest BCUT2D eigenvalue weighted by molar-refractivity contribution is 7.09. The molecule has 0 amide bonds. The van der Waals surface area contributed by atoms with Crippen molar-refractivity contribution in [2.75, 3.05) is 7.05 Å². The predicted molar refractivity (Wildman–Crippen MR) is 73.5 cm³/mol. The van der Waals surface area contributed by atoms with Crippen molar-refractivity contribution >= 4 is 11.3 Å². The van der Waals surface area contributed by atoms with Crippen LogP contribution in [0.3, 0.4) is 0 Å². The summed E-state index contributed by atoms with van der Waals surface area (Å²) in [6.07, 6.45) is 2.96. The van der Waals surface area contributed by atoms with E-state index in [-0.39, 0.29) is 0 Å². The van der Waals surface area contributed by atoms with E-state index < -0.39 is 0 Å². The molecule has 1 atom stereocenters. The molecule has 2 nitrogen and oxygen atoms in total. The highest BCUT2D eigenvalue weighted by atomic mass is 32.1. The molecule has 1 aromatic heterocycles. The minimum Gasteiger partial charge on any atom is -0.313 e.